The number of rotatable bonds is 2. The maximum Gasteiger partial charge on any atom is 0.0723 e. The standard InChI is InChI=1S/C19H21ClN2/c1-4-13(11-21-3)14-6-8-16-18(10-14)22-17-9-12(2)5-7-15(17)19(16)20/h4-5,7,9,11,14H,6,8,10H2,1-3H3/b13-4+,21-11?. The van der Waals surface area contributed by atoms with Crippen molar-refractivity contribution in [3.05, 3.63) is 51.7 Å². The van der Waals surface area contributed by atoms with E-state index in [1.807, 2.05) is 13.3 Å². The summed E-state index contributed by atoms with van der Waals surface area (Å²) in [4.78, 5) is 9.09. The molecule has 3 rings (SSSR count). The lowest BCUT2D eigenvalue weighted by atomic mass is 9.82. The number of aromatic nitrogens is 1. The molecule has 0 N–H and O–H groups in total. The van der Waals surface area contributed by atoms with Crippen LogP contribution in [0.15, 0.2) is 34.8 Å². The van der Waals surface area contributed by atoms with E-state index in [1.165, 1.54) is 16.7 Å². The number of allylic oxidation sites excluding steroid dienone is 2. The van der Waals surface area contributed by atoms with Crippen molar-refractivity contribution in [2.45, 2.75) is 33.1 Å². The molecule has 0 fully saturated rings. The monoisotopic (exact) mass is 312 g/mol. The van der Waals surface area contributed by atoms with Crippen molar-refractivity contribution in [1.82, 2.24) is 4.98 Å². The van der Waals surface area contributed by atoms with Gasteiger partial charge in [0, 0.05) is 24.3 Å². The van der Waals surface area contributed by atoms with E-state index in [4.69, 9.17) is 16.6 Å². The Morgan fingerprint density at radius 1 is 1.41 bits per heavy atom. The number of halogens is 1. The summed E-state index contributed by atoms with van der Waals surface area (Å²) in [5, 5.41) is 1.97. The summed E-state index contributed by atoms with van der Waals surface area (Å²) in [6.45, 7) is 4.17. The Labute approximate surface area is 136 Å². The van der Waals surface area contributed by atoms with Crippen LogP contribution >= 0.6 is 11.6 Å². The van der Waals surface area contributed by atoms with Crippen molar-refractivity contribution in [1.29, 1.82) is 0 Å². The highest BCUT2D eigenvalue weighted by Crippen LogP contribution is 2.36. The van der Waals surface area contributed by atoms with Gasteiger partial charge in [-0.15, -0.1) is 0 Å². The van der Waals surface area contributed by atoms with Gasteiger partial charge in [0.1, 0.15) is 0 Å². The van der Waals surface area contributed by atoms with Crippen molar-refractivity contribution >= 4 is 28.7 Å². The normalized spacial score (nSPS) is 18.9. The summed E-state index contributed by atoms with van der Waals surface area (Å²) in [6, 6.07) is 6.31. The molecule has 3 heteroatoms. The van der Waals surface area contributed by atoms with Crippen LogP contribution in [0.25, 0.3) is 10.9 Å². The molecule has 1 aromatic heterocycles. The van der Waals surface area contributed by atoms with E-state index in [0.717, 1.165) is 40.9 Å². The summed E-state index contributed by atoms with van der Waals surface area (Å²) in [5.74, 6) is 0.493. The number of benzene rings is 1. The average molecular weight is 313 g/mol. The molecule has 0 amide bonds. The van der Waals surface area contributed by atoms with Crippen LogP contribution in [0.1, 0.15) is 30.2 Å². The Kier molecular flexibility index (Phi) is 4.30. The zero-order valence-electron chi connectivity index (χ0n) is 13.4. The van der Waals surface area contributed by atoms with Gasteiger partial charge in [0.2, 0.25) is 0 Å². The summed E-state index contributed by atoms with van der Waals surface area (Å²) >= 11 is 6.65. The highest BCUT2D eigenvalue weighted by atomic mass is 35.5. The molecule has 0 spiro atoms. The first kappa shape index (κ1) is 15.2. The van der Waals surface area contributed by atoms with E-state index in [9.17, 15) is 0 Å². The molecule has 22 heavy (non-hydrogen) atoms. The fourth-order valence-corrected chi connectivity index (χ4v) is 3.71. The molecular weight excluding hydrogens is 292 g/mol. The maximum atomic E-state index is 6.65. The van der Waals surface area contributed by atoms with Crippen LogP contribution < -0.4 is 0 Å². The third-order valence-electron chi connectivity index (χ3n) is 4.52. The largest absolute Gasteiger partial charge is 0.296 e. The molecular formula is C19H21ClN2. The van der Waals surface area contributed by atoms with Crippen molar-refractivity contribution in [3.63, 3.8) is 0 Å². The molecule has 1 unspecified atom stereocenters. The van der Waals surface area contributed by atoms with Crippen molar-refractivity contribution in [2.24, 2.45) is 10.9 Å². The van der Waals surface area contributed by atoms with Gasteiger partial charge in [-0.05, 0) is 61.8 Å². The fourth-order valence-electron chi connectivity index (χ4n) is 3.35. The van der Waals surface area contributed by atoms with Crippen LogP contribution in [0.5, 0.6) is 0 Å². The van der Waals surface area contributed by atoms with E-state index in [2.05, 4.69) is 43.1 Å². The van der Waals surface area contributed by atoms with Gasteiger partial charge in [0.15, 0.2) is 0 Å². The topological polar surface area (TPSA) is 25.2 Å². The van der Waals surface area contributed by atoms with Gasteiger partial charge in [0.25, 0.3) is 0 Å². The lowest BCUT2D eigenvalue weighted by molar-refractivity contribution is 0.532. The molecule has 1 aromatic carbocycles. The minimum atomic E-state index is 0.493. The minimum Gasteiger partial charge on any atom is -0.296 e. The van der Waals surface area contributed by atoms with Crippen LogP contribution in [0.4, 0.5) is 0 Å². The Balaban J connectivity index is 2.05. The van der Waals surface area contributed by atoms with Gasteiger partial charge >= 0.3 is 0 Å². The van der Waals surface area contributed by atoms with Crippen LogP contribution in [-0.4, -0.2) is 18.2 Å². The predicted molar refractivity (Wildman–Crippen MR) is 95.2 cm³/mol. The molecule has 1 heterocycles. The Morgan fingerprint density at radius 2 is 2.23 bits per heavy atom. The zero-order valence-corrected chi connectivity index (χ0v) is 14.1. The molecule has 0 radical (unpaired) electrons. The predicted octanol–water partition coefficient (Wildman–Crippen LogP) is 4.95. The van der Waals surface area contributed by atoms with E-state index in [0.29, 0.717) is 5.92 Å². The number of hydrogen-bond donors (Lipinski definition) is 0. The Morgan fingerprint density at radius 3 is 2.95 bits per heavy atom. The summed E-state index contributed by atoms with van der Waals surface area (Å²) in [5.41, 5.74) is 5.92. The second-order valence-electron chi connectivity index (χ2n) is 5.99. The number of pyridine rings is 1. The molecule has 2 aromatic rings. The van der Waals surface area contributed by atoms with Crippen molar-refractivity contribution < 1.29 is 0 Å². The number of hydrogen-bond acceptors (Lipinski definition) is 2. The molecule has 0 saturated carbocycles. The van der Waals surface area contributed by atoms with E-state index in [-0.39, 0.29) is 0 Å². The van der Waals surface area contributed by atoms with Crippen molar-refractivity contribution in [3.8, 4) is 0 Å². The van der Waals surface area contributed by atoms with E-state index < -0.39 is 0 Å². The Bertz CT molecular complexity index is 775. The number of aliphatic imine (C=N–C) groups is 1. The smallest absolute Gasteiger partial charge is 0.0723 e. The molecule has 0 aliphatic heterocycles. The lowest BCUT2D eigenvalue weighted by Gasteiger charge is -2.26. The fraction of sp³-hybridized carbons (Fsp3) is 0.368. The third kappa shape index (κ3) is 2.68. The molecule has 1 aliphatic rings. The van der Waals surface area contributed by atoms with Crippen LogP contribution in [-0.2, 0) is 12.8 Å². The van der Waals surface area contributed by atoms with Crippen LogP contribution in [0.3, 0.4) is 0 Å². The van der Waals surface area contributed by atoms with Gasteiger partial charge in [-0.25, -0.2) is 0 Å². The molecule has 2 nitrogen and oxygen atoms in total. The molecule has 1 aliphatic carbocycles. The van der Waals surface area contributed by atoms with Crippen LogP contribution in [0, 0.1) is 12.8 Å². The number of fused-ring (bicyclic) bond motifs is 2. The van der Waals surface area contributed by atoms with E-state index in [1.54, 1.807) is 0 Å². The average Bonchev–Trinajstić information content (AvgIpc) is 2.52. The molecule has 114 valence electrons. The molecule has 0 bridgehead atoms. The quantitative estimate of drug-likeness (QED) is 0.720. The molecule has 0 saturated heterocycles. The second-order valence-corrected chi connectivity index (χ2v) is 6.37. The summed E-state index contributed by atoms with van der Waals surface area (Å²) < 4.78 is 0. The maximum absolute atomic E-state index is 6.65. The van der Waals surface area contributed by atoms with Gasteiger partial charge in [0.05, 0.1) is 10.5 Å². The first-order valence-corrected chi connectivity index (χ1v) is 8.17. The molecule has 1 atom stereocenters. The number of aryl methyl sites for hydroxylation is 1. The third-order valence-corrected chi connectivity index (χ3v) is 4.96. The highest BCUT2D eigenvalue weighted by Gasteiger charge is 2.24. The Hall–Kier alpha value is -1.67. The van der Waals surface area contributed by atoms with Gasteiger partial charge in [-0.1, -0.05) is 29.8 Å². The van der Waals surface area contributed by atoms with Crippen LogP contribution in [0.2, 0.25) is 5.02 Å². The zero-order chi connectivity index (χ0) is 15.7. The van der Waals surface area contributed by atoms with Crippen molar-refractivity contribution in [2.75, 3.05) is 7.05 Å². The van der Waals surface area contributed by atoms with Gasteiger partial charge < -0.3 is 0 Å². The van der Waals surface area contributed by atoms with Gasteiger partial charge in [-0.3, -0.25) is 9.98 Å². The first-order chi connectivity index (χ1) is 10.6. The number of nitrogens with zero attached hydrogens (tertiary/aromatic N) is 2. The van der Waals surface area contributed by atoms with Gasteiger partial charge in [-0.2, -0.15) is 0 Å². The summed E-state index contributed by atoms with van der Waals surface area (Å²) in [7, 11) is 1.83. The second kappa shape index (κ2) is 6.21. The summed E-state index contributed by atoms with van der Waals surface area (Å²) in [6.07, 6.45) is 7.19. The minimum absolute atomic E-state index is 0.493. The highest BCUT2D eigenvalue weighted by molar-refractivity contribution is 6.36. The van der Waals surface area contributed by atoms with E-state index >= 15 is 0 Å². The first-order valence-electron chi connectivity index (χ1n) is 7.80. The SMILES string of the molecule is C/C=C(\C=NC)C1CCc2c(nc3cc(C)ccc3c2Cl)C1. The lowest BCUT2D eigenvalue weighted by Crippen LogP contribution is -2.19.